The van der Waals surface area contributed by atoms with Crippen molar-refractivity contribution in [3.63, 3.8) is 0 Å². The molecule has 1 aromatic carbocycles. The molecule has 0 unspecified atom stereocenters. The van der Waals surface area contributed by atoms with Gasteiger partial charge in [-0.2, -0.15) is 8.61 Å². The van der Waals surface area contributed by atoms with Gasteiger partial charge in [0.05, 0.1) is 19.4 Å². The lowest BCUT2D eigenvalue weighted by Gasteiger charge is -2.33. The number of carbonyl (C=O) groups is 1. The van der Waals surface area contributed by atoms with E-state index in [2.05, 4.69) is 5.32 Å². The predicted molar refractivity (Wildman–Crippen MR) is 117 cm³/mol. The Morgan fingerprint density at radius 1 is 1.00 bits per heavy atom. The summed E-state index contributed by atoms with van der Waals surface area (Å²) < 4.78 is 57.7. The largest absolute Gasteiger partial charge is 0.492 e. The molecule has 2 heterocycles. The van der Waals surface area contributed by atoms with Crippen LogP contribution in [0, 0.1) is 0 Å². The van der Waals surface area contributed by atoms with Crippen molar-refractivity contribution in [1.29, 1.82) is 0 Å². The molecule has 174 valence electrons. The molecule has 1 N–H and O–H groups in total. The molecule has 0 saturated carbocycles. The molecule has 0 atom stereocenters. The van der Waals surface area contributed by atoms with E-state index in [4.69, 9.17) is 4.74 Å². The van der Waals surface area contributed by atoms with Crippen molar-refractivity contribution >= 4 is 31.6 Å². The number of benzene rings is 1. The van der Waals surface area contributed by atoms with E-state index in [0.717, 1.165) is 19.1 Å². The lowest BCUT2D eigenvalue weighted by Crippen LogP contribution is -2.51. The molecule has 1 amide bonds. The molecule has 3 rings (SSSR count). The molecule has 0 spiro atoms. The topological polar surface area (TPSA) is 116 Å². The molecular weight excluding hydrogens is 444 g/mol. The standard InChI is InChI=1S/C19H30N4O6S2/c1-3-29-17-7-6-16(14-18(17)31(27,28)23-8-4-5-9-23)20-15-19(24)21-10-12-22(13-11-21)30(2,25)26/h6-7,14,20H,3-5,8-13,15H2,1-2H3. The number of nitrogens with one attached hydrogen (secondary N) is 1. The van der Waals surface area contributed by atoms with E-state index in [9.17, 15) is 21.6 Å². The van der Waals surface area contributed by atoms with Crippen LogP contribution in [0.25, 0.3) is 0 Å². The number of ether oxygens (including phenoxy) is 1. The highest BCUT2D eigenvalue weighted by Gasteiger charge is 2.30. The van der Waals surface area contributed by atoms with Crippen LogP contribution in [0.5, 0.6) is 5.75 Å². The van der Waals surface area contributed by atoms with Crippen molar-refractivity contribution in [2.75, 3.05) is 64.0 Å². The maximum atomic E-state index is 13.1. The van der Waals surface area contributed by atoms with Crippen LogP contribution >= 0.6 is 0 Å². The summed E-state index contributed by atoms with van der Waals surface area (Å²) in [6.45, 7) is 4.28. The number of piperazine rings is 1. The van der Waals surface area contributed by atoms with E-state index in [1.807, 2.05) is 0 Å². The van der Waals surface area contributed by atoms with Gasteiger partial charge in [0, 0.05) is 45.0 Å². The summed E-state index contributed by atoms with van der Waals surface area (Å²) in [6.07, 6.45) is 2.83. The molecule has 2 fully saturated rings. The molecular formula is C19H30N4O6S2. The van der Waals surface area contributed by atoms with Gasteiger partial charge in [0.25, 0.3) is 0 Å². The first-order chi connectivity index (χ1) is 14.6. The molecule has 2 aliphatic rings. The number of amides is 1. The SMILES string of the molecule is CCOc1ccc(NCC(=O)N2CCN(S(C)(=O)=O)CC2)cc1S(=O)(=O)N1CCCC1. The predicted octanol–water partition coefficient (Wildman–Crippen LogP) is 0.386. The monoisotopic (exact) mass is 474 g/mol. The molecule has 0 aromatic heterocycles. The minimum atomic E-state index is -3.68. The average molecular weight is 475 g/mol. The van der Waals surface area contributed by atoms with Gasteiger partial charge < -0.3 is 15.0 Å². The quantitative estimate of drug-likeness (QED) is 0.579. The number of carbonyl (C=O) groups excluding carboxylic acids is 1. The molecule has 10 nitrogen and oxygen atoms in total. The highest BCUT2D eigenvalue weighted by Crippen LogP contribution is 2.31. The van der Waals surface area contributed by atoms with E-state index in [-0.39, 0.29) is 30.4 Å². The van der Waals surface area contributed by atoms with Crippen LogP contribution in [-0.2, 0) is 24.8 Å². The lowest BCUT2D eigenvalue weighted by molar-refractivity contribution is -0.130. The Hall–Kier alpha value is -1.89. The van der Waals surface area contributed by atoms with Gasteiger partial charge in [0.1, 0.15) is 10.6 Å². The van der Waals surface area contributed by atoms with E-state index in [1.54, 1.807) is 24.0 Å². The second-order valence-electron chi connectivity index (χ2n) is 7.60. The Labute approximate surface area is 184 Å². The fourth-order valence-electron chi connectivity index (χ4n) is 3.72. The maximum Gasteiger partial charge on any atom is 0.246 e. The second-order valence-corrected chi connectivity index (χ2v) is 11.5. The van der Waals surface area contributed by atoms with E-state index < -0.39 is 20.0 Å². The minimum Gasteiger partial charge on any atom is -0.492 e. The average Bonchev–Trinajstić information content (AvgIpc) is 3.28. The van der Waals surface area contributed by atoms with Crippen molar-refractivity contribution in [1.82, 2.24) is 13.5 Å². The molecule has 1 aromatic rings. The lowest BCUT2D eigenvalue weighted by atomic mass is 10.3. The normalized spacial score (nSPS) is 18.8. The van der Waals surface area contributed by atoms with Gasteiger partial charge in [-0.25, -0.2) is 16.8 Å². The zero-order valence-electron chi connectivity index (χ0n) is 17.9. The van der Waals surface area contributed by atoms with Gasteiger partial charge in [0.15, 0.2) is 0 Å². The molecule has 0 aliphatic carbocycles. The number of rotatable bonds is 8. The Kier molecular flexibility index (Phi) is 7.45. The first-order valence-electron chi connectivity index (χ1n) is 10.4. The third kappa shape index (κ3) is 5.68. The summed E-state index contributed by atoms with van der Waals surface area (Å²) in [5, 5.41) is 2.99. The van der Waals surface area contributed by atoms with Crippen molar-refractivity contribution < 1.29 is 26.4 Å². The summed E-state index contributed by atoms with van der Waals surface area (Å²) in [5.41, 5.74) is 0.504. The Morgan fingerprint density at radius 2 is 1.65 bits per heavy atom. The molecule has 2 aliphatic heterocycles. The summed E-state index contributed by atoms with van der Waals surface area (Å²) in [5.74, 6) is 0.120. The van der Waals surface area contributed by atoms with Gasteiger partial charge in [-0.3, -0.25) is 4.79 Å². The van der Waals surface area contributed by atoms with E-state index >= 15 is 0 Å². The van der Waals surface area contributed by atoms with E-state index in [0.29, 0.717) is 44.2 Å². The fourth-order valence-corrected chi connectivity index (χ4v) is 6.22. The third-order valence-corrected chi connectivity index (χ3v) is 8.65. The van der Waals surface area contributed by atoms with Crippen molar-refractivity contribution in [3.8, 4) is 5.75 Å². The van der Waals surface area contributed by atoms with Gasteiger partial charge >= 0.3 is 0 Å². The smallest absolute Gasteiger partial charge is 0.246 e. The Balaban J connectivity index is 1.67. The van der Waals surface area contributed by atoms with Crippen LogP contribution < -0.4 is 10.1 Å². The van der Waals surface area contributed by atoms with Crippen molar-refractivity contribution in [2.45, 2.75) is 24.7 Å². The summed E-state index contributed by atoms with van der Waals surface area (Å²) in [6, 6.07) is 4.79. The third-order valence-electron chi connectivity index (χ3n) is 5.43. The van der Waals surface area contributed by atoms with Crippen LogP contribution in [0.3, 0.4) is 0 Å². The van der Waals surface area contributed by atoms with Crippen molar-refractivity contribution in [3.05, 3.63) is 18.2 Å². The van der Waals surface area contributed by atoms with Gasteiger partial charge in [-0.05, 0) is 38.0 Å². The second kappa shape index (κ2) is 9.72. The highest BCUT2D eigenvalue weighted by atomic mass is 32.2. The maximum absolute atomic E-state index is 13.1. The van der Waals surface area contributed by atoms with Crippen LogP contribution in [-0.4, -0.2) is 94.9 Å². The first kappa shape index (κ1) is 23.8. The van der Waals surface area contributed by atoms with Gasteiger partial charge in [-0.1, -0.05) is 0 Å². The van der Waals surface area contributed by atoms with Crippen LogP contribution in [0.15, 0.2) is 23.1 Å². The van der Waals surface area contributed by atoms with Crippen molar-refractivity contribution in [2.24, 2.45) is 0 Å². The summed E-state index contributed by atoms with van der Waals surface area (Å²) in [4.78, 5) is 14.2. The zero-order valence-corrected chi connectivity index (χ0v) is 19.5. The first-order valence-corrected chi connectivity index (χ1v) is 13.7. The van der Waals surface area contributed by atoms with E-state index in [1.165, 1.54) is 14.7 Å². The van der Waals surface area contributed by atoms with Gasteiger partial charge in [0.2, 0.25) is 26.0 Å². The minimum absolute atomic E-state index is 0.0178. The molecule has 12 heteroatoms. The van der Waals surface area contributed by atoms with Crippen LogP contribution in [0.4, 0.5) is 5.69 Å². The zero-order chi connectivity index (χ0) is 22.6. The summed E-state index contributed by atoms with van der Waals surface area (Å²) in [7, 11) is -6.94. The Bertz CT molecular complexity index is 998. The fraction of sp³-hybridized carbons (Fsp3) is 0.632. The number of hydrogen-bond acceptors (Lipinski definition) is 7. The Morgan fingerprint density at radius 3 is 2.23 bits per heavy atom. The molecule has 0 bridgehead atoms. The van der Waals surface area contributed by atoms with Crippen LogP contribution in [0.2, 0.25) is 0 Å². The highest BCUT2D eigenvalue weighted by molar-refractivity contribution is 7.89. The molecule has 0 radical (unpaired) electrons. The summed E-state index contributed by atoms with van der Waals surface area (Å²) >= 11 is 0. The van der Waals surface area contributed by atoms with Crippen LogP contribution in [0.1, 0.15) is 19.8 Å². The number of hydrogen-bond donors (Lipinski definition) is 1. The number of anilines is 1. The number of sulfonamides is 2. The molecule has 31 heavy (non-hydrogen) atoms. The molecule has 2 saturated heterocycles. The van der Waals surface area contributed by atoms with Gasteiger partial charge in [-0.15, -0.1) is 0 Å². The number of nitrogens with zero attached hydrogens (tertiary/aromatic N) is 3.